The molecule has 1 aliphatic carbocycles. The van der Waals surface area contributed by atoms with E-state index in [9.17, 15) is 44.6 Å². The molecule has 14 heteroatoms. The van der Waals surface area contributed by atoms with Crippen LogP contribution < -0.4 is 0 Å². The summed E-state index contributed by atoms with van der Waals surface area (Å²) in [5.74, 6) is -2.48. The van der Waals surface area contributed by atoms with Crippen LogP contribution in [0.2, 0.25) is 0 Å². The van der Waals surface area contributed by atoms with Gasteiger partial charge in [-0.25, -0.2) is 4.57 Å². The van der Waals surface area contributed by atoms with Gasteiger partial charge in [0, 0.05) is 12.8 Å². The zero-order valence-corrected chi connectivity index (χ0v) is 34.6. The SMILES string of the molecule is [2H]C([2H])(OC(=O)CCCCCCCCCCCCCCC)C([2H])(OC(=O)CCCCCCCCCCCCCCC)C([2H])([2H])OP(=O)(O)OC1[C@H](O)[C@H](O)C(O)[C@H](O)[C@H]1O. The number of hydrogen-bond donors (Lipinski definition) is 6. The molecule has 0 saturated heterocycles. The standard InChI is InChI=1S/C41H79O13P/c1-3-5-7-9-11-13-15-17-19-21-23-25-27-29-34(42)51-31-33(32-52-55(49,50)54-41-39(47)37(45)36(44)38(46)40(41)48)53-35(43)30-28-26-24-22-20-18-16-14-12-10-8-6-4-2/h33,36-41,44-48H,3-32H2,1-2H3,(H,49,50)/t33?,36?,37-,38+,39-,40-,41?/m1/s1/i31D2,32D2,33D. The lowest BCUT2D eigenvalue weighted by atomic mass is 9.85. The van der Waals surface area contributed by atoms with Crippen molar-refractivity contribution < 1.29 is 70.0 Å². The van der Waals surface area contributed by atoms with E-state index in [1.54, 1.807) is 0 Å². The first-order valence-corrected chi connectivity index (χ1v) is 22.8. The van der Waals surface area contributed by atoms with Crippen molar-refractivity contribution in [1.29, 1.82) is 0 Å². The van der Waals surface area contributed by atoms with Crippen LogP contribution in [0.3, 0.4) is 0 Å². The molecule has 1 aliphatic rings. The van der Waals surface area contributed by atoms with Gasteiger partial charge in [-0.1, -0.05) is 168 Å². The zero-order chi connectivity index (χ0) is 45.2. The zero-order valence-electron chi connectivity index (χ0n) is 38.8. The first-order chi connectivity index (χ1) is 28.3. The molecule has 1 saturated carbocycles. The van der Waals surface area contributed by atoms with Crippen LogP contribution >= 0.6 is 7.82 Å². The monoisotopic (exact) mass is 816 g/mol. The number of ether oxygens (including phenoxy) is 2. The van der Waals surface area contributed by atoms with Crippen LogP contribution in [0.25, 0.3) is 0 Å². The number of carbonyl (C=O) groups is 2. The molecule has 6 N–H and O–H groups in total. The maximum atomic E-state index is 13.1. The average molecular weight is 816 g/mol. The summed E-state index contributed by atoms with van der Waals surface area (Å²) in [5.41, 5.74) is 0. The number of aliphatic hydroxyl groups excluding tert-OH is 5. The first kappa shape index (κ1) is 43.4. The quantitative estimate of drug-likeness (QED) is 0.0204. The van der Waals surface area contributed by atoms with Crippen molar-refractivity contribution in [2.24, 2.45) is 0 Å². The molecule has 4 unspecified atom stereocenters. The van der Waals surface area contributed by atoms with Crippen molar-refractivity contribution in [3.8, 4) is 0 Å². The Kier molecular flexibility index (Phi) is 25.9. The van der Waals surface area contributed by atoms with E-state index in [0.717, 1.165) is 57.8 Å². The van der Waals surface area contributed by atoms with Gasteiger partial charge in [-0.15, -0.1) is 0 Å². The highest BCUT2D eigenvalue weighted by atomic mass is 31.2. The summed E-state index contributed by atoms with van der Waals surface area (Å²) < 4.78 is 74.7. The highest BCUT2D eigenvalue weighted by Gasteiger charge is 2.51. The van der Waals surface area contributed by atoms with E-state index >= 15 is 0 Å². The molecule has 1 fully saturated rings. The van der Waals surface area contributed by atoms with E-state index in [0.29, 0.717) is 12.8 Å². The summed E-state index contributed by atoms with van der Waals surface area (Å²) in [6.45, 7) is -3.58. The number of carbonyl (C=O) groups excluding carboxylic acids is 2. The third kappa shape index (κ3) is 25.7. The Morgan fingerprint density at radius 3 is 1.25 bits per heavy atom. The van der Waals surface area contributed by atoms with Crippen molar-refractivity contribution in [2.75, 3.05) is 13.1 Å². The summed E-state index contributed by atoms with van der Waals surface area (Å²) in [7, 11) is -5.99. The summed E-state index contributed by atoms with van der Waals surface area (Å²) in [6, 6.07) is 0. The number of unbranched alkanes of at least 4 members (excludes halogenated alkanes) is 24. The minimum Gasteiger partial charge on any atom is -0.462 e. The van der Waals surface area contributed by atoms with Crippen LogP contribution in [0.5, 0.6) is 0 Å². The molecule has 0 amide bonds. The number of phosphoric acid groups is 1. The first-order valence-electron chi connectivity index (χ1n) is 23.8. The summed E-state index contributed by atoms with van der Waals surface area (Å²) in [4.78, 5) is 36.4. The summed E-state index contributed by atoms with van der Waals surface area (Å²) in [5, 5.41) is 50.3. The van der Waals surface area contributed by atoms with Gasteiger partial charge < -0.3 is 39.9 Å². The Hall–Kier alpha value is -1.15. The van der Waals surface area contributed by atoms with Crippen LogP contribution in [0.1, 0.15) is 200 Å². The van der Waals surface area contributed by atoms with Crippen molar-refractivity contribution >= 4 is 19.8 Å². The second-order valence-corrected chi connectivity index (χ2v) is 16.4. The molecular formula is C41H79O13P. The fourth-order valence-electron chi connectivity index (χ4n) is 6.55. The normalized spacial score (nSPS) is 25.4. The molecule has 55 heavy (non-hydrogen) atoms. The number of rotatable bonds is 36. The third-order valence-corrected chi connectivity index (χ3v) is 10.9. The van der Waals surface area contributed by atoms with E-state index in [2.05, 4.69) is 22.9 Å². The molecule has 0 spiro atoms. The molecular weight excluding hydrogens is 731 g/mol. The number of phosphoric ester groups is 1. The van der Waals surface area contributed by atoms with Gasteiger partial charge in [-0.05, 0) is 12.8 Å². The maximum Gasteiger partial charge on any atom is 0.472 e. The van der Waals surface area contributed by atoms with Crippen LogP contribution in [0, 0.1) is 0 Å². The van der Waals surface area contributed by atoms with Crippen LogP contribution in [0.15, 0.2) is 0 Å². The number of esters is 2. The lowest BCUT2D eigenvalue weighted by Gasteiger charge is -2.41. The van der Waals surface area contributed by atoms with Crippen LogP contribution in [-0.4, -0.2) is 98.2 Å². The molecule has 0 aromatic heterocycles. The third-order valence-electron chi connectivity index (χ3n) is 10.0. The van der Waals surface area contributed by atoms with E-state index in [1.165, 1.54) is 83.5 Å². The summed E-state index contributed by atoms with van der Waals surface area (Å²) >= 11 is 0. The minimum atomic E-state index is -5.99. The van der Waals surface area contributed by atoms with Crippen molar-refractivity contribution in [2.45, 2.75) is 236 Å². The van der Waals surface area contributed by atoms with Crippen LogP contribution in [-0.2, 0) is 32.7 Å². The van der Waals surface area contributed by atoms with Crippen LogP contribution in [0.4, 0.5) is 0 Å². The van der Waals surface area contributed by atoms with Gasteiger partial charge in [0.25, 0.3) is 0 Å². The fourth-order valence-corrected chi connectivity index (χ4v) is 7.35. The highest BCUT2D eigenvalue weighted by molar-refractivity contribution is 7.47. The predicted molar refractivity (Wildman–Crippen MR) is 212 cm³/mol. The topological polar surface area (TPSA) is 210 Å². The van der Waals surface area contributed by atoms with E-state index < -0.39 is 82.0 Å². The van der Waals surface area contributed by atoms with Crippen molar-refractivity contribution in [3.63, 3.8) is 0 Å². The Balaban J connectivity index is 2.87. The Labute approximate surface area is 338 Å². The van der Waals surface area contributed by atoms with Gasteiger partial charge in [0.05, 0.1) is 13.4 Å². The molecule has 0 bridgehead atoms. The molecule has 0 radical (unpaired) electrons. The average Bonchev–Trinajstić information content (AvgIpc) is 3.17. The molecule has 0 aliphatic heterocycles. The van der Waals surface area contributed by atoms with E-state index in [1.807, 2.05) is 0 Å². The molecule has 8 atom stereocenters. The number of hydrogen-bond acceptors (Lipinski definition) is 12. The van der Waals surface area contributed by atoms with Gasteiger partial charge in [0.2, 0.25) is 0 Å². The number of aliphatic hydroxyl groups is 5. The van der Waals surface area contributed by atoms with Gasteiger partial charge >= 0.3 is 19.8 Å². The van der Waals surface area contributed by atoms with Gasteiger partial charge in [-0.3, -0.25) is 18.6 Å². The predicted octanol–water partition coefficient (Wildman–Crippen LogP) is 7.72. The van der Waals surface area contributed by atoms with Gasteiger partial charge in [0.15, 0.2) is 6.08 Å². The molecule has 326 valence electrons. The molecule has 0 heterocycles. The molecule has 13 nitrogen and oxygen atoms in total. The van der Waals surface area contributed by atoms with E-state index in [-0.39, 0.29) is 19.3 Å². The minimum absolute atomic E-state index is 0.230. The molecule has 1 rings (SSSR count). The smallest absolute Gasteiger partial charge is 0.462 e. The van der Waals surface area contributed by atoms with E-state index in [4.69, 9.17) is 16.3 Å². The summed E-state index contributed by atoms with van der Waals surface area (Å²) in [6.07, 6.45) is 8.48. The maximum absolute atomic E-state index is 13.1. The largest absolute Gasteiger partial charge is 0.472 e. The van der Waals surface area contributed by atoms with Crippen molar-refractivity contribution in [1.82, 2.24) is 0 Å². The van der Waals surface area contributed by atoms with Crippen molar-refractivity contribution in [3.05, 3.63) is 0 Å². The lowest BCUT2D eigenvalue weighted by molar-refractivity contribution is -0.220. The Morgan fingerprint density at radius 1 is 0.545 bits per heavy atom. The van der Waals surface area contributed by atoms with Gasteiger partial charge in [-0.2, -0.15) is 0 Å². The Morgan fingerprint density at radius 2 is 0.873 bits per heavy atom. The Bertz CT molecular complexity index is 1210. The fraction of sp³-hybridized carbons (Fsp3) is 0.951. The second kappa shape index (κ2) is 32.8. The molecule has 0 aromatic carbocycles. The second-order valence-electron chi connectivity index (χ2n) is 15.0. The highest BCUT2D eigenvalue weighted by Crippen LogP contribution is 2.47. The lowest BCUT2D eigenvalue weighted by Crippen LogP contribution is -2.64. The molecule has 0 aromatic rings. The van der Waals surface area contributed by atoms with Gasteiger partial charge in [0.1, 0.15) is 43.2 Å².